The minimum atomic E-state index is -0.565. The molecule has 0 atom stereocenters. The van der Waals surface area contributed by atoms with Gasteiger partial charge in [0, 0.05) is 10.0 Å². The smallest absolute Gasteiger partial charge is 0.338 e. The van der Waals surface area contributed by atoms with Crippen molar-refractivity contribution in [3.05, 3.63) is 32.8 Å². The Morgan fingerprint density at radius 2 is 2.21 bits per heavy atom. The van der Waals surface area contributed by atoms with E-state index >= 15 is 0 Å². The van der Waals surface area contributed by atoms with Crippen molar-refractivity contribution in [2.45, 2.75) is 0 Å². The maximum Gasteiger partial charge on any atom is 0.338 e. The van der Waals surface area contributed by atoms with Gasteiger partial charge < -0.3 is 4.74 Å². The van der Waals surface area contributed by atoms with E-state index in [2.05, 4.69) is 20.7 Å². The van der Waals surface area contributed by atoms with Crippen LogP contribution in [0.25, 0.3) is 0 Å². The summed E-state index contributed by atoms with van der Waals surface area (Å²) in [7, 11) is 1.25. The normalized spacial score (nSPS) is 9.64. The molecule has 0 spiro atoms. The highest BCUT2D eigenvalue weighted by Crippen LogP contribution is 2.26. The van der Waals surface area contributed by atoms with Crippen LogP contribution >= 0.6 is 27.5 Å². The van der Waals surface area contributed by atoms with Gasteiger partial charge in [0.2, 0.25) is 0 Å². The number of rotatable bonds is 2. The predicted octanol–water partition coefficient (Wildman–Crippen LogP) is 2.70. The second-order valence-corrected chi connectivity index (χ2v) is 3.72. The third kappa shape index (κ3) is 2.13. The van der Waals surface area contributed by atoms with Crippen LogP contribution in [0.15, 0.2) is 16.6 Å². The first-order chi connectivity index (χ1) is 6.60. The summed E-state index contributed by atoms with van der Waals surface area (Å²) in [5, 5.41) is 0.375. The van der Waals surface area contributed by atoms with Crippen LogP contribution in [0.2, 0.25) is 5.02 Å². The van der Waals surface area contributed by atoms with Gasteiger partial charge in [-0.3, -0.25) is 4.79 Å². The van der Waals surface area contributed by atoms with Crippen molar-refractivity contribution in [2.75, 3.05) is 7.11 Å². The lowest BCUT2D eigenvalue weighted by molar-refractivity contribution is 0.0598. The van der Waals surface area contributed by atoms with E-state index in [4.69, 9.17) is 11.6 Å². The number of methoxy groups -OCH3 is 1. The van der Waals surface area contributed by atoms with Crippen LogP contribution in [0.4, 0.5) is 0 Å². The van der Waals surface area contributed by atoms with E-state index in [1.165, 1.54) is 19.2 Å². The molecule has 0 radical (unpaired) electrons. The molecule has 0 unspecified atom stereocenters. The Balaban J connectivity index is 3.34. The molecule has 0 aliphatic heterocycles. The van der Waals surface area contributed by atoms with Gasteiger partial charge in [-0.05, 0) is 28.1 Å². The molecule has 0 aliphatic rings. The largest absolute Gasteiger partial charge is 0.465 e. The molecular weight excluding hydrogens is 271 g/mol. The van der Waals surface area contributed by atoms with Gasteiger partial charge in [-0.2, -0.15) is 0 Å². The van der Waals surface area contributed by atoms with Crippen LogP contribution < -0.4 is 0 Å². The molecule has 1 aromatic rings. The second-order valence-electron chi connectivity index (χ2n) is 2.46. The van der Waals surface area contributed by atoms with E-state index in [0.29, 0.717) is 15.8 Å². The molecule has 0 aromatic heterocycles. The highest BCUT2D eigenvalue weighted by atomic mass is 79.9. The average molecular weight is 278 g/mol. The summed E-state index contributed by atoms with van der Waals surface area (Å²) in [6, 6.07) is 2.86. The van der Waals surface area contributed by atoms with Crippen LogP contribution in [-0.4, -0.2) is 19.4 Å². The van der Waals surface area contributed by atoms with Gasteiger partial charge in [0.1, 0.15) is 0 Å². The van der Waals surface area contributed by atoms with Crippen molar-refractivity contribution in [3.8, 4) is 0 Å². The van der Waals surface area contributed by atoms with E-state index in [9.17, 15) is 9.59 Å². The second kappa shape index (κ2) is 4.57. The minimum Gasteiger partial charge on any atom is -0.465 e. The van der Waals surface area contributed by atoms with Gasteiger partial charge in [-0.25, -0.2) is 4.79 Å². The van der Waals surface area contributed by atoms with Gasteiger partial charge in [0.25, 0.3) is 0 Å². The molecule has 14 heavy (non-hydrogen) atoms. The zero-order valence-corrected chi connectivity index (χ0v) is 9.55. The number of benzene rings is 1. The monoisotopic (exact) mass is 276 g/mol. The van der Waals surface area contributed by atoms with Gasteiger partial charge in [-0.1, -0.05) is 11.6 Å². The first-order valence-corrected chi connectivity index (χ1v) is 4.79. The minimum absolute atomic E-state index is 0.193. The zero-order chi connectivity index (χ0) is 10.7. The van der Waals surface area contributed by atoms with E-state index < -0.39 is 5.97 Å². The Morgan fingerprint density at radius 1 is 1.57 bits per heavy atom. The molecule has 0 aliphatic carbocycles. The first kappa shape index (κ1) is 11.2. The van der Waals surface area contributed by atoms with Crippen molar-refractivity contribution in [2.24, 2.45) is 0 Å². The van der Waals surface area contributed by atoms with Crippen molar-refractivity contribution < 1.29 is 14.3 Å². The molecule has 1 rings (SSSR count). The summed E-state index contributed by atoms with van der Waals surface area (Å²) in [5.41, 5.74) is 0.406. The van der Waals surface area contributed by atoms with Crippen LogP contribution in [0.1, 0.15) is 20.7 Å². The Kier molecular flexibility index (Phi) is 3.66. The standard InChI is InChI=1S/C9H6BrClO3/c1-14-9(13)6-3-7(10)8(11)2-5(6)4-12/h2-4H,1H3. The third-order valence-electron chi connectivity index (χ3n) is 1.62. The summed E-state index contributed by atoms with van der Waals surface area (Å²) >= 11 is 8.91. The van der Waals surface area contributed by atoms with E-state index in [0.717, 1.165) is 0 Å². The van der Waals surface area contributed by atoms with Crippen molar-refractivity contribution in [1.29, 1.82) is 0 Å². The molecule has 0 saturated heterocycles. The Morgan fingerprint density at radius 3 is 2.71 bits per heavy atom. The maximum atomic E-state index is 11.2. The van der Waals surface area contributed by atoms with Gasteiger partial charge in [0.05, 0.1) is 17.7 Å². The number of carbonyl (C=O) groups is 2. The number of aldehydes is 1. The topological polar surface area (TPSA) is 43.4 Å². The number of ether oxygens (including phenoxy) is 1. The molecule has 0 fully saturated rings. The van der Waals surface area contributed by atoms with E-state index in [-0.39, 0.29) is 11.1 Å². The molecule has 0 amide bonds. The number of esters is 1. The lowest BCUT2D eigenvalue weighted by atomic mass is 10.1. The SMILES string of the molecule is COC(=O)c1cc(Br)c(Cl)cc1C=O. The first-order valence-electron chi connectivity index (χ1n) is 3.62. The molecule has 5 heteroatoms. The van der Waals surface area contributed by atoms with Crippen LogP contribution in [0.5, 0.6) is 0 Å². The number of hydrogen-bond acceptors (Lipinski definition) is 3. The Bertz CT molecular complexity index is 390. The average Bonchev–Trinajstić information content (AvgIpc) is 2.20. The molecular formula is C9H6BrClO3. The van der Waals surface area contributed by atoms with Crippen LogP contribution in [0.3, 0.4) is 0 Å². The molecule has 0 saturated carbocycles. The van der Waals surface area contributed by atoms with E-state index in [1.54, 1.807) is 0 Å². The highest BCUT2D eigenvalue weighted by molar-refractivity contribution is 9.10. The van der Waals surface area contributed by atoms with E-state index in [1.807, 2.05) is 0 Å². The molecule has 3 nitrogen and oxygen atoms in total. The summed E-state index contributed by atoms with van der Waals surface area (Å²) in [4.78, 5) is 21.8. The predicted molar refractivity (Wildman–Crippen MR) is 55.9 cm³/mol. The zero-order valence-electron chi connectivity index (χ0n) is 7.21. The van der Waals surface area contributed by atoms with Crippen LogP contribution in [-0.2, 0) is 4.74 Å². The van der Waals surface area contributed by atoms with Gasteiger partial charge >= 0.3 is 5.97 Å². The molecule has 1 aromatic carbocycles. The lowest BCUT2D eigenvalue weighted by Crippen LogP contribution is -2.05. The quantitative estimate of drug-likeness (QED) is 0.616. The number of hydrogen-bond donors (Lipinski definition) is 0. The summed E-state index contributed by atoms with van der Waals surface area (Å²) in [6.45, 7) is 0. The number of carbonyl (C=O) groups excluding carboxylic acids is 2. The van der Waals surface area contributed by atoms with Crippen molar-refractivity contribution in [3.63, 3.8) is 0 Å². The summed E-state index contributed by atoms with van der Waals surface area (Å²) in [5.74, 6) is -0.565. The Labute approximate surface area is 94.1 Å². The fourth-order valence-corrected chi connectivity index (χ4v) is 1.46. The van der Waals surface area contributed by atoms with Crippen molar-refractivity contribution in [1.82, 2.24) is 0 Å². The fraction of sp³-hybridized carbons (Fsp3) is 0.111. The summed E-state index contributed by atoms with van der Waals surface area (Å²) in [6.07, 6.45) is 0.560. The molecule has 0 bridgehead atoms. The summed E-state index contributed by atoms with van der Waals surface area (Å²) < 4.78 is 5.06. The lowest BCUT2D eigenvalue weighted by Gasteiger charge is -2.04. The molecule has 0 heterocycles. The maximum absolute atomic E-state index is 11.2. The molecule has 0 N–H and O–H groups in total. The van der Waals surface area contributed by atoms with Crippen LogP contribution in [0, 0.1) is 0 Å². The number of halogens is 2. The van der Waals surface area contributed by atoms with Gasteiger partial charge in [0.15, 0.2) is 6.29 Å². The highest BCUT2D eigenvalue weighted by Gasteiger charge is 2.13. The van der Waals surface area contributed by atoms with Gasteiger partial charge in [-0.15, -0.1) is 0 Å². The Hall–Kier alpha value is -0.870. The molecule has 74 valence electrons. The third-order valence-corrected chi connectivity index (χ3v) is 2.82. The fourth-order valence-electron chi connectivity index (χ4n) is 0.946. The van der Waals surface area contributed by atoms with Crippen molar-refractivity contribution >= 4 is 39.8 Å².